The first kappa shape index (κ1) is 19.1. The lowest BCUT2D eigenvalue weighted by atomic mass is 9.81. The number of rotatable bonds is 3. The molecule has 1 heterocycles. The zero-order chi connectivity index (χ0) is 18.7. The predicted octanol–water partition coefficient (Wildman–Crippen LogP) is 3.32. The molecule has 7 heteroatoms. The largest absolute Gasteiger partial charge is 0.341 e. The van der Waals surface area contributed by atoms with Crippen molar-refractivity contribution in [3.05, 3.63) is 29.0 Å². The molecule has 0 aromatic heterocycles. The van der Waals surface area contributed by atoms with E-state index in [9.17, 15) is 14.0 Å². The van der Waals surface area contributed by atoms with Gasteiger partial charge >= 0.3 is 0 Å². The number of halogens is 2. The number of piperidine rings is 1. The highest BCUT2D eigenvalue weighted by atomic mass is 35.5. The molecule has 3 rings (SSSR count). The van der Waals surface area contributed by atoms with Crippen molar-refractivity contribution in [3.63, 3.8) is 0 Å². The van der Waals surface area contributed by atoms with Crippen LogP contribution in [-0.4, -0.2) is 35.3 Å². The molecule has 2 fully saturated rings. The van der Waals surface area contributed by atoms with Gasteiger partial charge in [0.1, 0.15) is 5.82 Å². The van der Waals surface area contributed by atoms with Gasteiger partial charge in [-0.15, -0.1) is 0 Å². The van der Waals surface area contributed by atoms with Crippen LogP contribution in [0.4, 0.5) is 10.1 Å². The van der Waals surface area contributed by atoms with Crippen molar-refractivity contribution >= 4 is 29.1 Å². The molecule has 1 aliphatic carbocycles. The normalized spacial score (nSPS) is 20.7. The summed E-state index contributed by atoms with van der Waals surface area (Å²) in [4.78, 5) is 27.0. The topological polar surface area (TPSA) is 75.4 Å². The first-order valence-electron chi connectivity index (χ1n) is 9.23. The van der Waals surface area contributed by atoms with E-state index in [4.69, 9.17) is 17.3 Å². The average molecular weight is 382 g/mol. The average Bonchev–Trinajstić information content (AvgIpc) is 2.65. The van der Waals surface area contributed by atoms with Gasteiger partial charge in [-0.25, -0.2) is 4.39 Å². The summed E-state index contributed by atoms with van der Waals surface area (Å²) < 4.78 is 13.2. The number of carbonyl (C=O) groups excluding carboxylic acids is 2. The van der Waals surface area contributed by atoms with E-state index in [1.54, 1.807) is 0 Å². The van der Waals surface area contributed by atoms with E-state index in [2.05, 4.69) is 5.32 Å². The van der Waals surface area contributed by atoms with Crippen LogP contribution in [0.2, 0.25) is 5.02 Å². The fraction of sp³-hybridized carbons (Fsp3) is 0.579. The molecule has 3 N–H and O–H groups in total. The van der Waals surface area contributed by atoms with Gasteiger partial charge in [0, 0.05) is 24.7 Å². The molecule has 1 aromatic rings. The lowest BCUT2D eigenvalue weighted by Gasteiger charge is -2.39. The number of likely N-dealkylation sites (tertiary alicyclic amines) is 1. The van der Waals surface area contributed by atoms with Crippen molar-refractivity contribution in [3.8, 4) is 0 Å². The second-order valence-electron chi connectivity index (χ2n) is 7.40. The third-order valence-electron chi connectivity index (χ3n) is 5.51. The van der Waals surface area contributed by atoms with Gasteiger partial charge in [-0.3, -0.25) is 9.59 Å². The van der Waals surface area contributed by atoms with Gasteiger partial charge < -0.3 is 16.0 Å². The van der Waals surface area contributed by atoms with E-state index in [0.717, 1.165) is 32.1 Å². The molecular weight excluding hydrogens is 357 g/mol. The molecule has 0 bridgehead atoms. The maximum absolute atomic E-state index is 13.2. The van der Waals surface area contributed by atoms with Crippen molar-refractivity contribution in [2.24, 2.45) is 11.7 Å². The number of nitrogens with two attached hydrogens (primary N) is 1. The van der Waals surface area contributed by atoms with Crippen LogP contribution in [0.5, 0.6) is 0 Å². The molecule has 1 aromatic carbocycles. The number of anilines is 1. The Hall–Kier alpha value is -1.66. The summed E-state index contributed by atoms with van der Waals surface area (Å²) in [5, 5.41) is 2.75. The number of benzene rings is 1. The number of carbonyl (C=O) groups is 2. The smallest absolute Gasteiger partial charge is 0.242 e. The number of hydrogen-bond acceptors (Lipinski definition) is 3. The molecule has 0 spiro atoms. The number of nitrogens with one attached hydrogen (secondary N) is 1. The van der Waals surface area contributed by atoms with E-state index in [1.165, 1.54) is 18.2 Å². The fourth-order valence-corrected chi connectivity index (χ4v) is 4.05. The van der Waals surface area contributed by atoms with Gasteiger partial charge in [0.25, 0.3) is 0 Å². The Morgan fingerprint density at radius 3 is 2.46 bits per heavy atom. The molecule has 2 amide bonds. The zero-order valence-electron chi connectivity index (χ0n) is 14.8. The highest BCUT2D eigenvalue weighted by Gasteiger charge is 2.39. The number of amides is 2. The summed E-state index contributed by atoms with van der Waals surface area (Å²) in [6.45, 7) is 1.08. The molecule has 0 radical (unpaired) electrons. The third-order valence-corrected chi connectivity index (χ3v) is 5.80. The molecular formula is C19H25ClFN3O2. The lowest BCUT2D eigenvalue weighted by Crippen LogP contribution is -2.58. The molecule has 0 unspecified atom stereocenters. The van der Waals surface area contributed by atoms with Crippen molar-refractivity contribution in [2.45, 2.75) is 50.5 Å². The highest BCUT2D eigenvalue weighted by Crippen LogP contribution is 2.30. The van der Waals surface area contributed by atoms with Crippen LogP contribution in [0, 0.1) is 11.7 Å². The summed E-state index contributed by atoms with van der Waals surface area (Å²) in [5.74, 6) is -0.792. The van der Waals surface area contributed by atoms with Crippen LogP contribution < -0.4 is 11.1 Å². The predicted molar refractivity (Wildman–Crippen MR) is 99.3 cm³/mol. The second-order valence-corrected chi connectivity index (χ2v) is 7.81. The van der Waals surface area contributed by atoms with Crippen LogP contribution in [0.3, 0.4) is 0 Å². The second kappa shape index (κ2) is 7.92. The van der Waals surface area contributed by atoms with Crippen molar-refractivity contribution in [1.82, 2.24) is 4.90 Å². The van der Waals surface area contributed by atoms with Crippen molar-refractivity contribution in [1.29, 1.82) is 0 Å². The highest BCUT2D eigenvalue weighted by molar-refractivity contribution is 6.31. The Morgan fingerprint density at radius 1 is 1.19 bits per heavy atom. The first-order chi connectivity index (χ1) is 12.4. The van der Waals surface area contributed by atoms with Crippen molar-refractivity contribution in [2.75, 3.05) is 18.4 Å². The lowest BCUT2D eigenvalue weighted by molar-refractivity contribution is -0.140. The van der Waals surface area contributed by atoms with E-state index in [1.807, 2.05) is 4.90 Å². The summed E-state index contributed by atoms with van der Waals surface area (Å²) in [5.41, 5.74) is 6.09. The summed E-state index contributed by atoms with van der Waals surface area (Å²) in [6.07, 6.45) is 5.84. The van der Waals surface area contributed by atoms with Crippen molar-refractivity contribution < 1.29 is 14.0 Å². The number of hydrogen-bond donors (Lipinski definition) is 2. The summed E-state index contributed by atoms with van der Waals surface area (Å²) in [7, 11) is 0. The quantitative estimate of drug-likeness (QED) is 0.843. The minimum absolute atomic E-state index is 0.0241. The molecule has 26 heavy (non-hydrogen) atoms. The van der Waals surface area contributed by atoms with E-state index < -0.39 is 11.4 Å². The van der Waals surface area contributed by atoms with Crippen LogP contribution in [0.25, 0.3) is 0 Å². The van der Waals surface area contributed by atoms with Gasteiger partial charge in [0.15, 0.2) is 0 Å². The summed E-state index contributed by atoms with van der Waals surface area (Å²) >= 11 is 5.74. The maximum atomic E-state index is 13.2. The Morgan fingerprint density at radius 2 is 1.85 bits per heavy atom. The van der Waals surface area contributed by atoms with Gasteiger partial charge in [-0.05, 0) is 43.9 Å². The SMILES string of the molecule is NC1(C(=O)N2CCC(C(=O)Nc3ccc(F)c(Cl)c3)CC2)CCCCC1. The number of nitrogens with zero attached hydrogens (tertiary/aromatic N) is 1. The summed E-state index contributed by atoms with van der Waals surface area (Å²) in [6, 6.07) is 4.11. The third kappa shape index (κ3) is 4.18. The zero-order valence-corrected chi connectivity index (χ0v) is 15.5. The Kier molecular flexibility index (Phi) is 5.82. The standard InChI is InChI=1S/C19H25ClFN3O2/c20-15-12-14(4-5-16(15)21)23-17(25)13-6-10-24(11-7-13)18(26)19(22)8-2-1-3-9-19/h4-5,12-13H,1-3,6-11,22H2,(H,23,25). The molecule has 1 saturated carbocycles. The maximum Gasteiger partial charge on any atom is 0.242 e. The Bertz CT molecular complexity index is 683. The van der Waals surface area contributed by atoms with E-state index in [0.29, 0.717) is 31.6 Å². The Balaban J connectivity index is 1.53. The molecule has 0 atom stereocenters. The fourth-order valence-electron chi connectivity index (χ4n) is 3.87. The van der Waals surface area contributed by atoms with Crippen LogP contribution in [-0.2, 0) is 9.59 Å². The minimum Gasteiger partial charge on any atom is -0.341 e. The minimum atomic E-state index is -0.724. The van der Waals surface area contributed by atoms with Gasteiger partial charge in [-0.2, -0.15) is 0 Å². The van der Waals surface area contributed by atoms with Crippen LogP contribution in [0.15, 0.2) is 18.2 Å². The molecule has 1 saturated heterocycles. The van der Waals surface area contributed by atoms with Crippen LogP contribution >= 0.6 is 11.6 Å². The molecule has 2 aliphatic rings. The van der Waals surface area contributed by atoms with Gasteiger partial charge in [-0.1, -0.05) is 30.9 Å². The van der Waals surface area contributed by atoms with Gasteiger partial charge in [0.2, 0.25) is 11.8 Å². The monoisotopic (exact) mass is 381 g/mol. The first-order valence-corrected chi connectivity index (χ1v) is 9.61. The van der Waals surface area contributed by atoms with E-state index >= 15 is 0 Å². The molecule has 5 nitrogen and oxygen atoms in total. The van der Waals surface area contributed by atoms with Crippen LogP contribution in [0.1, 0.15) is 44.9 Å². The van der Waals surface area contributed by atoms with Gasteiger partial charge in [0.05, 0.1) is 10.6 Å². The molecule has 1 aliphatic heterocycles. The molecule has 142 valence electrons. The van der Waals surface area contributed by atoms with E-state index in [-0.39, 0.29) is 22.8 Å². The Labute approximate surface area is 158 Å².